The minimum absolute atomic E-state index is 0. The Hall–Kier alpha value is -2.39. The van der Waals surface area contributed by atoms with E-state index in [1.54, 1.807) is 11.0 Å². The first-order valence-corrected chi connectivity index (χ1v) is 9.92. The van der Waals surface area contributed by atoms with Crippen molar-refractivity contribution in [2.24, 2.45) is 5.73 Å². The summed E-state index contributed by atoms with van der Waals surface area (Å²) >= 11 is 0. The van der Waals surface area contributed by atoms with E-state index in [0.717, 1.165) is 25.1 Å². The van der Waals surface area contributed by atoms with Crippen LogP contribution in [0.25, 0.3) is 0 Å². The highest BCUT2D eigenvalue weighted by atomic mass is 35.5. The highest BCUT2D eigenvalue weighted by molar-refractivity contribution is 5.99. The molecule has 3 N–H and O–H groups in total. The second-order valence-corrected chi connectivity index (χ2v) is 6.85. The largest absolute Gasteiger partial charge is 0.492 e. The van der Waals surface area contributed by atoms with Gasteiger partial charge in [0, 0.05) is 32.2 Å². The molecule has 0 unspecified atom stereocenters. The second-order valence-electron chi connectivity index (χ2n) is 6.85. The molecule has 1 fully saturated rings. The molecule has 1 amide bonds. The van der Waals surface area contributed by atoms with Gasteiger partial charge in [0.15, 0.2) is 11.5 Å². The van der Waals surface area contributed by atoms with E-state index in [1.807, 2.05) is 24.3 Å². The Balaban J connectivity index is 0.00000256. The number of ether oxygens (including phenoxy) is 4. The molecule has 0 bridgehead atoms. The summed E-state index contributed by atoms with van der Waals surface area (Å²) in [5, 5.41) is 3.25. The van der Waals surface area contributed by atoms with Crippen LogP contribution in [0.5, 0.6) is 28.7 Å². The molecule has 0 saturated carbocycles. The van der Waals surface area contributed by atoms with Crippen LogP contribution in [0.4, 0.5) is 0 Å². The Morgan fingerprint density at radius 1 is 0.969 bits per heavy atom. The van der Waals surface area contributed by atoms with Crippen molar-refractivity contribution in [2.75, 3.05) is 54.1 Å². The Morgan fingerprint density at radius 3 is 2.09 bits per heavy atom. The van der Waals surface area contributed by atoms with Crippen molar-refractivity contribution < 1.29 is 23.7 Å². The van der Waals surface area contributed by atoms with Crippen LogP contribution in [-0.4, -0.2) is 64.9 Å². The van der Waals surface area contributed by atoms with E-state index in [2.05, 4.69) is 5.32 Å². The number of carbonyl (C=O) groups excluding carboxylic acids is 1. The molecule has 0 aromatic heterocycles. The Morgan fingerprint density at radius 2 is 1.56 bits per heavy atom. The van der Waals surface area contributed by atoms with E-state index in [-0.39, 0.29) is 30.7 Å². The van der Waals surface area contributed by atoms with Crippen molar-refractivity contribution in [3.63, 3.8) is 0 Å². The van der Waals surface area contributed by atoms with Gasteiger partial charge in [0.25, 0.3) is 5.91 Å². The summed E-state index contributed by atoms with van der Waals surface area (Å²) in [6.45, 7) is 3.32. The maximum Gasteiger partial charge on any atom is 0.258 e. The summed E-state index contributed by atoms with van der Waals surface area (Å²) in [6.07, 6.45) is 0.795. The van der Waals surface area contributed by atoms with Gasteiger partial charge in [-0.2, -0.15) is 0 Å². The smallest absolute Gasteiger partial charge is 0.258 e. The fourth-order valence-corrected chi connectivity index (χ4v) is 3.47. The normalized spacial score (nSPS) is 12.8. The van der Waals surface area contributed by atoms with Crippen LogP contribution in [0.2, 0.25) is 0 Å². The van der Waals surface area contributed by atoms with Crippen LogP contribution in [0.1, 0.15) is 15.9 Å². The quantitative estimate of drug-likeness (QED) is 0.590. The SMILES string of the molecule is COc1c(Oc2ccc(CCN)cc2)cc(C(=O)N2CCNCC2)c(OC)c1OC.Cl.Cl. The number of benzene rings is 2. The summed E-state index contributed by atoms with van der Waals surface area (Å²) in [5.74, 6) is 1.84. The second kappa shape index (κ2) is 13.2. The van der Waals surface area contributed by atoms with Gasteiger partial charge >= 0.3 is 0 Å². The monoisotopic (exact) mass is 487 g/mol. The molecule has 1 aliphatic rings. The molecule has 1 heterocycles. The van der Waals surface area contributed by atoms with Crippen molar-refractivity contribution >= 4 is 30.7 Å². The number of hydrogen-bond donors (Lipinski definition) is 2. The lowest BCUT2D eigenvalue weighted by Gasteiger charge is -2.28. The molecule has 2 aromatic rings. The molecule has 8 nitrogen and oxygen atoms in total. The third kappa shape index (κ3) is 6.10. The molecular formula is C22H31Cl2N3O5. The third-order valence-electron chi connectivity index (χ3n) is 4.99. The highest BCUT2D eigenvalue weighted by Gasteiger charge is 2.29. The van der Waals surface area contributed by atoms with Crippen LogP contribution in [-0.2, 0) is 6.42 Å². The summed E-state index contributed by atoms with van der Waals surface area (Å²) in [6, 6.07) is 9.29. The summed E-state index contributed by atoms with van der Waals surface area (Å²) in [4.78, 5) is 15.0. The Bertz CT molecular complexity index is 875. The number of hydrogen-bond acceptors (Lipinski definition) is 7. The molecule has 1 aliphatic heterocycles. The molecule has 2 aromatic carbocycles. The first-order valence-electron chi connectivity index (χ1n) is 9.92. The number of amides is 1. The van der Waals surface area contributed by atoms with Crippen molar-refractivity contribution in [3.05, 3.63) is 41.5 Å². The summed E-state index contributed by atoms with van der Waals surface area (Å²) < 4.78 is 22.7. The van der Waals surface area contributed by atoms with E-state index in [4.69, 9.17) is 24.7 Å². The topological polar surface area (TPSA) is 95.3 Å². The van der Waals surface area contributed by atoms with E-state index in [0.29, 0.717) is 53.9 Å². The number of nitrogens with two attached hydrogens (primary N) is 1. The number of halogens is 2. The van der Waals surface area contributed by atoms with Gasteiger partial charge in [-0.05, 0) is 30.7 Å². The minimum atomic E-state index is -0.141. The molecule has 0 spiro atoms. The molecule has 10 heteroatoms. The number of rotatable bonds is 8. The highest BCUT2D eigenvalue weighted by Crippen LogP contribution is 2.48. The van der Waals surface area contributed by atoms with Crippen LogP contribution in [0.15, 0.2) is 30.3 Å². The van der Waals surface area contributed by atoms with Gasteiger partial charge in [0.2, 0.25) is 11.5 Å². The first kappa shape index (κ1) is 27.6. The number of methoxy groups -OCH3 is 3. The molecule has 32 heavy (non-hydrogen) atoms. The number of nitrogens with zero attached hydrogens (tertiary/aromatic N) is 1. The van der Waals surface area contributed by atoms with Crippen LogP contribution < -0.4 is 30.0 Å². The fourth-order valence-electron chi connectivity index (χ4n) is 3.47. The maximum absolute atomic E-state index is 13.2. The van der Waals surface area contributed by atoms with Crippen LogP contribution >= 0.6 is 24.8 Å². The molecule has 0 atom stereocenters. The lowest BCUT2D eigenvalue weighted by atomic mass is 10.1. The zero-order chi connectivity index (χ0) is 21.5. The summed E-state index contributed by atoms with van der Waals surface area (Å²) in [5.41, 5.74) is 7.10. The van der Waals surface area contributed by atoms with Gasteiger partial charge < -0.3 is 34.9 Å². The minimum Gasteiger partial charge on any atom is -0.492 e. The van der Waals surface area contributed by atoms with E-state index in [1.165, 1.54) is 21.3 Å². The molecule has 0 radical (unpaired) electrons. The average Bonchev–Trinajstić information content (AvgIpc) is 2.79. The third-order valence-corrected chi connectivity index (χ3v) is 4.99. The fraction of sp³-hybridized carbons (Fsp3) is 0.409. The molecular weight excluding hydrogens is 457 g/mol. The number of nitrogens with one attached hydrogen (secondary N) is 1. The predicted octanol–water partition coefficient (Wildman–Crippen LogP) is 2.89. The molecule has 3 rings (SSSR count). The number of carbonyl (C=O) groups is 1. The summed E-state index contributed by atoms with van der Waals surface area (Å²) in [7, 11) is 4.53. The lowest BCUT2D eigenvalue weighted by molar-refractivity contribution is 0.0731. The maximum atomic E-state index is 13.2. The van der Waals surface area contributed by atoms with Crippen molar-refractivity contribution in [3.8, 4) is 28.7 Å². The molecule has 0 aliphatic carbocycles. The standard InChI is InChI=1S/C22H29N3O5.2ClH/c1-27-19-17(22(26)25-12-10-24-11-13-25)14-18(20(28-2)21(19)29-3)30-16-6-4-15(5-7-16)8-9-23;;/h4-7,14,24H,8-13,23H2,1-3H3;2*1H. The van der Waals surface area contributed by atoms with E-state index < -0.39 is 0 Å². The molecule has 1 saturated heterocycles. The average molecular weight is 488 g/mol. The van der Waals surface area contributed by atoms with E-state index >= 15 is 0 Å². The zero-order valence-corrected chi connectivity index (χ0v) is 20.1. The van der Waals surface area contributed by atoms with Gasteiger partial charge in [0.1, 0.15) is 5.75 Å². The van der Waals surface area contributed by atoms with Crippen LogP contribution in [0, 0.1) is 0 Å². The Labute approximate surface area is 201 Å². The predicted molar refractivity (Wildman–Crippen MR) is 129 cm³/mol. The van der Waals surface area contributed by atoms with Gasteiger partial charge in [-0.15, -0.1) is 24.8 Å². The van der Waals surface area contributed by atoms with Crippen molar-refractivity contribution in [1.29, 1.82) is 0 Å². The van der Waals surface area contributed by atoms with Crippen molar-refractivity contribution in [2.45, 2.75) is 6.42 Å². The van der Waals surface area contributed by atoms with Gasteiger partial charge in [-0.25, -0.2) is 0 Å². The first-order chi connectivity index (χ1) is 14.6. The van der Waals surface area contributed by atoms with Gasteiger partial charge in [-0.1, -0.05) is 12.1 Å². The van der Waals surface area contributed by atoms with Crippen molar-refractivity contribution in [1.82, 2.24) is 10.2 Å². The zero-order valence-electron chi connectivity index (χ0n) is 18.5. The van der Waals surface area contributed by atoms with Crippen LogP contribution in [0.3, 0.4) is 0 Å². The van der Waals surface area contributed by atoms with Gasteiger partial charge in [0.05, 0.1) is 26.9 Å². The molecule has 178 valence electrons. The number of piperazine rings is 1. The van der Waals surface area contributed by atoms with E-state index in [9.17, 15) is 4.79 Å². The Kier molecular flexibility index (Phi) is 11.4. The lowest BCUT2D eigenvalue weighted by Crippen LogP contribution is -2.46. The van der Waals surface area contributed by atoms with Gasteiger partial charge in [-0.3, -0.25) is 4.79 Å².